The van der Waals surface area contributed by atoms with Crippen LogP contribution in [-0.4, -0.2) is 12.3 Å². The van der Waals surface area contributed by atoms with Crippen LogP contribution in [0.4, 0.5) is 0 Å². The third kappa shape index (κ3) is 1.45. The van der Waals surface area contributed by atoms with Crippen molar-refractivity contribution in [1.82, 2.24) is 0 Å². The Kier molecular flexibility index (Phi) is 2.23. The summed E-state index contributed by atoms with van der Waals surface area (Å²) in [6.45, 7) is 0.393. The molecule has 0 saturated heterocycles. The molecule has 0 saturated carbocycles. The highest BCUT2D eigenvalue weighted by Gasteiger charge is 2.03. The summed E-state index contributed by atoms with van der Waals surface area (Å²) in [7, 11) is 0. The fourth-order valence-electron chi connectivity index (χ4n) is 0.699. The predicted octanol–water partition coefficient (Wildman–Crippen LogP) is 0.811. The molecule has 0 aliphatic carbocycles. The van der Waals surface area contributed by atoms with E-state index in [0.717, 1.165) is 0 Å². The smallest absolute Gasteiger partial charge is 0.167 e. The molecule has 0 aliphatic heterocycles. The van der Waals surface area contributed by atoms with Gasteiger partial charge in [-0.25, -0.2) is 0 Å². The summed E-state index contributed by atoms with van der Waals surface area (Å²) in [5.74, 6) is 0.0382. The highest BCUT2D eigenvalue weighted by Crippen LogP contribution is 2.02. The van der Waals surface area contributed by atoms with Gasteiger partial charge < -0.3 is 10.2 Å². The maximum absolute atomic E-state index is 11.0. The van der Waals surface area contributed by atoms with Crippen LogP contribution in [0.25, 0.3) is 0 Å². The van der Waals surface area contributed by atoms with Crippen molar-refractivity contribution < 1.29 is 9.21 Å². The molecule has 3 nitrogen and oxygen atoms in total. The van der Waals surface area contributed by atoms with E-state index < -0.39 is 0 Å². The minimum atomic E-state index is 0.0382. The first-order chi connectivity index (χ1) is 4.84. The molecule has 10 heavy (non-hydrogen) atoms. The van der Waals surface area contributed by atoms with Gasteiger partial charge in [0.2, 0.25) is 0 Å². The van der Waals surface area contributed by atoms with Crippen LogP contribution in [0, 0.1) is 0 Å². The summed E-state index contributed by atoms with van der Waals surface area (Å²) in [4.78, 5) is 11.0. The van der Waals surface area contributed by atoms with Crippen molar-refractivity contribution in [3.05, 3.63) is 24.2 Å². The second-order valence-electron chi connectivity index (χ2n) is 1.97. The van der Waals surface area contributed by atoms with Gasteiger partial charge in [-0.3, -0.25) is 4.79 Å². The van der Waals surface area contributed by atoms with E-state index in [1.807, 2.05) is 0 Å². The molecule has 0 radical (unpaired) electrons. The van der Waals surface area contributed by atoms with Crippen LogP contribution in [-0.2, 0) is 0 Å². The number of hydrogen-bond donors (Lipinski definition) is 1. The Bertz CT molecular complexity index is 203. The zero-order chi connectivity index (χ0) is 7.40. The second-order valence-corrected chi connectivity index (χ2v) is 1.97. The van der Waals surface area contributed by atoms with Gasteiger partial charge in [0.15, 0.2) is 5.78 Å². The molecule has 0 aromatic carbocycles. The Morgan fingerprint density at radius 2 is 2.50 bits per heavy atom. The van der Waals surface area contributed by atoms with Crippen molar-refractivity contribution in [2.24, 2.45) is 5.73 Å². The van der Waals surface area contributed by atoms with Gasteiger partial charge in [-0.1, -0.05) is 0 Å². The normalized spacial score (nSPS) is 9.70. The number of rotatable bonds is 3. The molecule has 0 fully saturated rings. The molecule has 0 aliphatic rings. The monoisotopic (exact) mass is 139 g/mol. The van der Waals surface area contributed by atoms with Crippen LogP contribution in [0.15, 0.2) is 23.0 Å². The van der Waals surface area contributed by atoms with Crippen LogP contribution in [0.2, 0.25) is 0 Å². The van der Waals surface area contributed by atoms with E-state index in [1.165, 1.54) is 12.5 Å². The van der Waals surface area contributed by atoms with E-state index >= 15 is 0 Å². The van der Waals surface area contributed by atoms with E-state index in [9.17, 15) is 4.79 Å². The Labute approximate surface area is 58.8 Å². The minimum absolute atomic E-state index is 0.0382. The lowest BCUT2D eigenvalue weighted by Crippen LogP contribution is -2.06. The lowest BCUT2D eigenvalue weighted by molar-refractivity contribution is 0.0985. The van der Waals surface area contributed by atoms with Gasteiger partial charge in [-0.2, -0.15) is 0 Å². The van der Waals surface area contributed by atoms with Gasteiger partial charge >= 0.3 is 0 Å². The molecule has 3 heteroatoms. The van der Waals surface area contributed by atoms with E-state index in [2.05, 4.69) is 0 Å². The molecule has 0 bridgehead atoms. The summed E-state index contributed by atoms with van der Waals surface area (Å²) in [5.41, 5.74) is 5.79. The molecule has 0 spiro atoms. The predicted molar refractivity (Wildman–Crippen MR) is 36.7 cm³/mol. The van der Waals surface area contributed by atoms with Crippen molar-refractivity contribution in [3.8, 4) is 0 Å². The van der Waals surface area contributed by atoms with E-state index in [1.54, 1.807) is 6.07 Å². The quantitative estimate of drug-likeness (QED) is 0.630. The highest BCUT2D eigenvalue weighted by molar-refractivity contribution is 5.95. The zero-order valence-corrected chi connectivity index (χ0v) is 5.54. The fourth-order valence-corrected chi connectivity index (χ4v) is 0.699. The Balaban J connectivity index is 2.59. The standard InChI is InChI=1S/C7H9NO2/c8-3-1-7(9)6-2-4-10-5-6/h2,4-5H,1,3,8H2. The summed E-state index contributed by atoms with van der Waals surface area (Å²) in [6.07, 6.45) is 3.29. The number of hydrogen-bond acceptors (Lipinski definition) is 3. The molecule has 54 valence electrons. The molecule has 1 rings (SSSR count). The Morgan fingerprint density at radius 1 is 1.70 bits per heavy atom. The number of ketones is 1. The molecule has 2 N–H and O–H groups in total. The van der Waals surface area contributed by atoms with Crippen LogP contribution < -0.4 is 5.73 Å². The molecule has 1 aromatic rings. The SMILES string of the molecule is NCCC(=O)c1ccoc1. The lowest BCUT2D eigenvalue weighted by atomic mass is 10.2. The molecule has 0 unspecified atom stereocenters. The number of nitrogens with two attached hydrogens (primary N) is 1. The van der Waals surface area contributed by atoms with Crippen molar-refractivity contribution in [2.45, 2.75) is 6.42 Å². The summed E-state index contributed by atoms with van der Waals surface area (Å²) in [6, 6.07) is 1.64. The summed E-state index contributed by atoms with van der Waals surface area (Å²) >= 11 is 0. The molecular weight excluding hydrogens is 130 g/mol. The lowest BCUT2D eigenvalue weighted by Gasteiger charge is -1.90. The molecule has 0 atom stereocenters. The third-order valence-corrected chi connectivity index (χ3v) is 1.21. The van der Waals surface area contributed by atoms with Crippen LogP contribution in [0.1, 0.15) is 16.8 Å². The van der Waals surface area contributed by atoms with Crippen molar-refractivity contribution in [2.75, 3.05) is 6.54 Å². The van der Waals surface area contributed by atoms with Crippen molar-refractivity contribution >= 4 is 5.78 Å². The molecule has 1 heterocycles. The van der Waals surface area contributed by atoms with Gasteiger partial charge in [0.1, 0.15) is 6.26 Å². The van der Waals surface area contributed by atoms with Gasteiger partial charge in [-0.15, -0.1) is 0 Å². The van der Waals surface area contributed by atoms with Crippen molar-refractivity contribution in [3.63, 3.8) is 0 Å². The first kappa shape index (κ1) is 7.02. The van der Waals surface area contributed by atoms with E-state index in [4.69, 9.17) is 10.2 Å². The third-order valence-electron chi connectivity index (χ3n) is 1.21. The Morgan fingerprint density at radius 3 is 3.00 bits per heavy atom. The number of carbonyl (C=O) groups is 1. The van der Waals surface area contributed by atoms with Gasteiger partial charge in [0.05, 0.1) is 11.8 Å². The van der Waals surface area contributed by atoms with Crippen LogP contribution in [0.5, 0.6) is 0 Å². The van der Waals surface area contributed by atoms with Gasteiger partial charge in [0.25, 0.3) is 0 Å². The highest BCUT2D eigenvalue weighted by atomic mass is 16.3. The second kappa shape index (κ2) is 3.17. The number of Topliss-reactive ketones (excluding diaryl/α,β-unsaturated/α-hetero) is 1. The zero-order valence-electron chi connectivity index (χ0n) is 5.54. The summed E-state index contributed by atoms with van der Waals surface area (Å²) < 4.78 is 4.72. The molecule has 0 amide bonds. The minimum Gasteiger partial charge on any atom is -0.472 e. The molecular formula is C7H9NO2. The first-order valence-corrected chi connectivity index (χ1v) is 3.10. The average molecular weight is 139 g/mol. The van der Waals surface area contributed by atoms with Gasteiger partial charge in [-0.05, 0) is 12.6 Å². The van der Waals surface area contributed by atoms with Crippen LogP contribution in [0.3, 0.4) is 0 Å². The van der Waals surface area contributed by atoms with E-state index in [0.29, 0.717) is 18.5 Å². The van der Waals surface area contributed by atoms with Gasteiger partial charge in [0, 0.05) is 6.42 Å². The fraction of sp³-hybridized carbons (Fsp3) is 0.286. The maximum atomic E-state index is 11.0. The summed E-state index contributed by atoms with van der Waals surface area (Å²) in [5, 5.41) is 0. The topological polar surface area (TPSA) is 56.2 Å². The maximum Gasteiger partial charge on any atom is 0.167 e. The number of furan rings is 1. The van der Waals surface area contributed by atoms with E-state index in [-0.39, 0.29) is 5.78 Å². The Hall–Kier alpha value is -1.09. The largest absolute Gasteiger partial charge is 0.472 e. The first-order valence-electron chi connectivity index (χ1n) is 3.10. The molecule has 1 aromatic heterocycles. The average Bonchev–Trinajstić information content (AvgIpc) is 2.38. The van der Waals surface area contributed by atoms with Crippen molar-refractivity contribution in [1.29, 1.82) is 0 Å². The van der Waals surface area contributed by atoms with Crippen LogP contribution >= 0.6 is 0 Å². The number of carbonyl (C=O) groups excluding carboxylic acids is 1.